The monoisotopic (exact) mass is 806 g/mol. The molecule has 0 atom stereocenters. The van der Waals surface area contributed by atoms with Crippen LogP contribution in [0.3, 0.4) is 0 Å². The van der Waals surface area contributed by atoms with Crippen LogP contribution in [0.15, 0.2) is 78.2 Å². The van der Waals surface area contributed by atoms with E-state index in [1.54, 1.807) is 11.0 Å². The molecule has 0 aromatic heterocycles. The molecule has 290 valence electrons. The van der Waals surface area contributed by atoms with Crippen molar-refractivity contribution < 1.29 is 55.4 Å². The van der Waals surface area contributed by atoms with E-state index in [2.05, 4.69) is 16.8 Å². The smallest absolute Gasteiger partial charge is 0.416 e. The number of carbonyl (C=O) groups is 4. The lowest BCUT2D eigenvalue weighted by molar-refractivity contribution is -0.143. The van der Waals surface area contributed by atoms with Gasteiger partial charge in [-0.1, -0.05) is 36.1 Å². The third-order valence-electron chi connectivity index (χ3n) is 8.53. The Morgan fingerprint density at radius 2 is 1.55 bits per heavy atom. The van der Waals surface area contributed by atoms with E-state index in [4.69, 9.17) is 22.1 Å². The molecule has 0 spiro atoms. The molecular weight excluding hydrogens is 775 g/mol. The van der Waals surface area contributed by atoms with Crippen LogP contribution in [-0.4, -0.2) is 93.7 Å². The molecule has 0 aliphatic carbocycles. The molecule has 0 radical (unpaired) electrons. The number of thioether (sulfide) groups is 1. The van der Waals surface area contributed by atoms with Gasteiger partial charge in [0.15, 0.2) is 6.61 Å². The van der Waals surface area contributed by atoms with Gasteiger partial charge in [-0.05, 0) is 71.8 Å². The van der Waals surface area contributed by atoms with Gasteiger partial charge in [-0.25, -0.2) is 4.79 Å². The number of alkyl halides is 6. The van der Waals surface area contributed by atoms with Crippen molar-refractivity contribution in [3.63, 3.8) is 0 Å². The average molecular weight is 807 g/mol. The molecule has 55 heavy (non-hydrogen) atoms. The van der Waals surface area contributed by atoms with E-state index in [1.807, 2.05) is 0 Å². The van der Waals surface area contributed by atoms with Crippen molar-refractivity contribution in [2.24, 2.45) is 0 Å². The Morgan fingerprint density at radius 3 is 2.13 bits per heavy atom. The number of rotatable bonds is 12. The van der Waals surface area contributed by atoms with Crippen LogP contribution in [0, 0.1) is 0 Å². The number of ether oxygens (including phenoxy) is 1. The van der Waals surface area contributed by atoms with E-state index < -0.39 is 53.4 Å². The molecule has 3 aromatic carbocycles. The molecule has 2 saturated heterocycles. The van der Waals surface area contributed by atoms with Crippen LogP contribution in [0.5, 0.6) is 5.75 Å². The minimum atomic E-state index is -5.09. The number of anilines is 1. The summed E-state index contributed by atoms with van der Waals surface area (Å²) in [6, 6.07) is 10.4. The minimum Gasteiger partial charge on any atom is -0.483 e. The van der Waals surface area contributed by atoms with Gasteiger partial charge >= 0.3 is 18.3 Å². The first-order valence-corrected chi connectivity index (χ1v) is 17.7. The Bertz CT molecular complexity index is 2000. The zero-order chi connectivity index (χ0) is 40.1. The van der Waals surface area contributed by atoms with Crippen LogP contribution in [0.1, 0.15) is 33.5 Å². The number of carbonyl (C=O) groups excluding carboxylic acids is 3. The number of aromatic carboxylic acids is 1. The van der Waals surface area contributed by atoms with E-state index >= 15 is 0 Å². The summed E-state index contributed by atoms with van der Waals surface area (Å²) in [7, 11) is 0. The number of thiocarbonyl (C=S) groups is 1. The van der Waals surface area contributed by atoms with Gasteiger partial charge < -0.3 is 20.1 Å². The molecule has 3 aromatic rings. The molecule has 2 aliphatic rings. The van der Waals surface area contributed by atoms with Crippen LogP contribution in [0.2, 0.25) is 0 Å². The number of carboxylic acids is 1. The molecule has 3 amide bonds. The third kappa shape index (κ3) is 10.5. The molecule has 2 fully saturated rings. The van der Waals surface area contributed by atoms with Gasteiger partial charge in [-0.15, -0.1) is 6.58 Å². The van der Waals surface area contributed by atoms with Gasteiger partial charge in [0.25, 0.3) is 11.8 Å². The molecule has 0 unspecified atom stereocenters. The minimum absolute atomic E-state index is 0.0151. The number of hydrogen-bond acceptors (Lipinski definition) is 8. The van der Waals surface area contributed by atoms with Crippen LogP contribution >= 0.6 is 24.0 Å². The number of nitrogens with one attached hydrogen (secondary N) is 1. The lowest BCUT2D eigenvalue weighted by Gasteiger charge is -2.34. The van der Waals surface area contributed by atoms with Crippen LogP contribution in [0.25, 0.3) is 17.2 Å². The van der Waals surface area contributed by atoms with Crippen LogP contribution < -0.4 is 10.1 Å². The fraction of sp³-hybridized carbons (Fsp3) is 0.270. The van der Waals surface area contributed by atoms with Crippen molar-refractivity contribution in [3.8, 4) is 16.9 Å². The maximum absolute atomic E-state index is 13.7. The fourth-order valence-corrected chi connectivity index (χ4v) is 6.95. The Balaban J connectivity index is 1.40. The average Bonchev–Trinajstić information content (AvgIpc) is 3.40. The van der Waals surface area contributed by atoms with Crippen molar-refractivity contribution in [1.82, 2.24) is 14.7 Å². The van der Waals surface area contributed by atoms with E-state index in [1.165, 1.54) is 48.5 Å². The SMILES string of the molecule is C=CCN1CCN(C(=O)COc2ccc(-c3cc(C(F)(F)F)cc(C(F)(F)F)c3)cc2/C=C2\SC(=S)N(CCC(=O)Nc3ccc(C(=O)O)cc3)C2=O)CC1. The molecule has 18 heteroatoms. The molecular formula is C37H32F6N4O6S2. The number of hydrogen-bond donors (Lipinski definition) is 2. The molecule has 2 N–H and O–H groups in total. The number of piperazine rings is 1. The maximum atomic E-state index is 13.7. The van der Waals surface area contributed by atoms with Crippen LogP contribution in [0.4, 0.5) is 32.0 Å². The second-order valence-electron chi connectivity index (χ2n) is 12.3. The molecule has 5 rings (SSSR count). The Hall–Kier alpha value is -5.20. The highest BCUT2D eigenvalue weighted by atomic mass is 32.2. The van der Waals surface area contributed by atoms with Crippen molar-refractivity contribution >= 4 is 63.8 Å². The predicted octanol–water partition coefficient (Wildman–Crippen LogP) is 7.03. The van der Waals surface area contributed by atoms with Crippen molar-refractivity contribution in [3.05, 3.63) is 100 Å². The lowest BCUT2D eigenvalue weighted by atomic mass is 9.97. The Kier molecular flexibility index (Phi) is 12.7. The summed E-state index contributed by atoms with van der Waals surface area (Å²) >= 11 is 6.24. The standard InChI is InChI=1S/C37H32F6N4O6S2/c1-2-10-45-12-14-46(15-13-45)32(49)21-53-29-8-5-23(24-17-26(36(38,39)40)20-27(18-24)37(41,42)43)16-25(29)19-30-33(50)47(35(54)55-30)11-9-31(48)44-28-6-3-22(4-7-28)34(51)52/h2-8,16-20H,1,9-15,21H2,(H,44,48)(H,51,52)/b30-19-. The third-order valence-corrected chi connectivity index (χ3v) is 9.91. The summed E-state index contributed by atoms with van der Waals surface area (Å²) in [5, 5.41) is 11.7. The second-order valence-corrected chi connectivity index (χ2v) is 14.0. The van der Waals surface area contributed by atoms with Gasteiger partial charge in [0.2, 0.25) is 5.91 Å². The van der Waals surface area contributed by atoms with E-state index in [0.29, 0.717) is 50.5 Å². The normalized spacial score (nSPS) is 16.1. The molecule has 2 heterocycles. The summed E-state index contributed by atoms with van der Waals surface area (Å²) in [5.41, 5.74) is -3.09. The molecule has 2 aliphatic heterocycles. The van der Waals surface area contributed by atoms with Crippen molar-refractivity contribution in [2.75, 3.05) is 51.2 Å². The first-order chi connectivity index (χ1) is 25.9. The maximum Gasteiger partial charge on any atom is 0.416 e. The molecule has 0 saturated carbocycles. The highest BCUT2D eigenvalue weighted by Crippen LogP contribution is 2.40. The molecule has 10 nitrogen and oxygen atoms in total. The quantitative estimate of drug-likeness (QED) is 0.0861. The van der Waals surface area contributed by atoms with E-state index in [9.17, 15) is 45.5 Å². The summed E-state index contributed by atoms with van der Waals surface area (Å²) in [4.78, 5) is 55.2. The second kappa shape index (κ2) is 17.1. The fourth-order valence-electron chi connectivity index (χ4n) is 5.65. The largest absolute Gasteiger partial charge is 0.483 e. The van der Waals surface area contributed by atoms with E-state index in [0.717, 1.165) is 16.7 Å². The van der Waals surface area contributed by atoms with Crippen LogP contribution in [-0.2, 0) is 26.7 Å². The predicted molar refractivity (Wildman–Crippen MR) is 197 cm³/mol. The first-order valence-electron chi connectivity index (χ1n) is 16.5. The van der Waals surface area contributed by atoms with Gasteiger partial charge in [0.1, 0.15) is 10.1 Å². The topological polar surface area (TPSA) is 119 Å². The summed E-state index contributed by atoms with van der Waals surface area (Å²) in [6.07, 6.45) is -7.32. The number of nitrogens with zero attached hydrogens (tertiary/aromatic N) is 3. The van der Waals surface area contributed by atoms with Crippen molar-refractivity contribution in [2.45, 2.75) is 18.8 Å². The van der Waals surface area contributed by atoms with Gasteiger partial charge in [0.05, 0.1) is 21.6 Å². The Morgan fingerprint density at radius 1 is 0.909 bits per heavy atom. The van der Waals surface area contributed by atoms with Gasteiger partial charge in [-0.3, -0.25) is 24.2 Å². The number of benzene rings is 3. The lowest BCUT2D eigenvalue weighted by Crippen LogP contribution is -2.49. The summed E-state index contributed by atoms with van der Waals surface area (Å²) in [6.45, 7) is 5.85. The van der Waals surface area contributed by atoms with Gasteiger partial charge in [0, 0.05) is 56.9 Å². The number of amides is 3. The zero-order valence-corrected chi connectivity index (χ0v) is 30.3. The van der Waals surface area contributed by atoms with E-state index in [-0.39, 0.29) is 56.6 Å². The molecule has 0 bridgehead atoms. The van der Waals surface area contributed by atoms with Gasteiger partial charge in [-0.2, -0.15) is 26.3 Å². The highest BCUT2D eigenvalue weighted by Gasteiger charge is 2.37. The van der Waals surface area contributed by atoms with Crippen molar-refractivity contribution in [1.29, 1.82) is 0 Å². The zero-order valence-electron chi connectivity index (χ0n) is 28.7. The summed E-state index contributed by atoms with van der Waals surface area (Å²) in [5.74, 6) is -2.61. The number of halogens is 6. The highest BCUT2D eigenvalue weighted by molar-refractivity contribution is 8.26. The first kappa shape index (κ1) is 41.0. The Labute approximate surface area is 320 Å². The number of carboxylic acid groups (broad SMARTS) is 1. The summed E-state index contributed by atoms with van der Waals surface area (Å²) < 4.78 is 88.1.